The second-order valence-corrected chi connectivity index (χ2v) is 6.80. The molecule has 126 valence electrons. The highest BCUT2D eigenvalue weighted by Crippen LogP contribution is 2.28. The number of carbonyl (C=O) groups is 2. The fraction of sp³-hybridized carbons (Fsp3) is 0.529. The summed E-state index contributed by atoms with van der Waals surface area (Å²) in [5.41, 5.74) is 2.31. The van der Waals surface area contributed by atoms with Crippen LogP contribution in [0.3, 0.4) is 0 Å². The molecule has 0 radical (unpaired) electrons. The molecule has 1 aliphatic heterocycles. The monoisotopic (exact) mass is 320 g/mol. The number of fused-ring (bicyclic) bond motifs is 1. The van der Waals surface area contributed by atoms with Gasteiger partial charge in [-0.2, -0.15) is 0 Å². The number of nitrogens with one attached hydrogen (secondary N) is 1. The second kappa shape index (κ2) is 6.48. The maximum Gasteiger partial charge on any atom is 0.410 e. The minimum atomic E-state index is -0.914. The van der Waals surface area contributed by atoms with Gasteiger partial charge in [-0.05, 0) is 51.3 Å². The van der Waals surface area contributed by atoms with Crippen LogP contribution in [0.5, 0.6) is 0 Å². The lowest BCUT2D eigenvalue weighted by Crippen LogP contribution is -2.40. The van der Waals surface area contributed by atoms with Crippen molar-refractivity contribution in [2.24, 2.45) is 0 Å². The predicted octanol–water partition coefficient (Wildman–Crippen LogP) is 2.86. The summed E-state index contributed by atoms with van der Waals surface area (Å²) >= 11 is 0. The van der Waals surface area contributed by atoms with Crippen molar-refractivity contribution < 1.29 is 19.4 Å². The van der Waals surface area contributed by atoms with Gasteiger partial charge in [0, 0.05) is 12.2 Å². The van der Waals surface area contributed by atoms with Crippen molar-refractivity contribution in [2.45, 2.75) is 52.3 Å². The van der Waals surface area contributed by atoms with Gasteiger partial charge < -0.3 is 20.1 Å². The SMILES string of the molecule is CC(Nc1cccc2c1CN(C(=O)OC(C)(C)C)CC2)C(=O)O. The van der Waals surface area contributed by atoms with E-state index in [0.717, 1.165) is 23.2 Å². The molecule has 1 atom stereocenters. The number of carbonyl (C=O) groups excluding carboxylic acids is 1. The first kappa shape index (κ1) is 17.1. The van der Waals surface area contributed by atoms with Crippen LogP contribution in [-0.4, -0.2) is 40.3 Å². The Balaban J connectivity index is 2.18. The summed E-state index contributed by atoms with van der Waals surface area (Å²) in [6, 6.07) is 5.06. The highest BCUT2D eigenvalue weighted by atomic mass is 16.6. The van der Waals surface area contributed by atoms with Gasteiger partial charge >= 0.3 is 12.1 Å². The first-order valence-corrected chi connectivity index (χ1v) is 7.75. The molecule has 1 aromatic carbocycles. The Bertz CT molecular complexity index is 607. The molecule has 1 heterocycles. The number of rotatable bonds is 3. The van der Waals surface area contributed by atoms with Crippen LogP contribution in [0.4, 0.5) is 10.5 Å². The minimum Gasteiger partial charge on any atom is -0.480 e. The Hall–Kier alpha value is -2.24. The summed E-state index contributed by atoms with van der Waals surface area (Å²) in [5.74, 6) is -0.914. The molecule has 2 rings (SSSR count). The van der Waals surface area contributed by atoms with Gasteiger partial charge in [-0.1, -0.05) is 12.1 Å². The molecule has 0 saturated carbocycles. The van der Waals surface area contributed by atoms with Crippen LogP contribution >= 0.6 is 0 Å². The predicted molar refractivity (Wildman–Crippen MR) is 87.5 cm³/mol. The summed E-state index contributed by atoms with van der Waals surface area (Å²) in [6.45, 7) is 8.12. The standard InChI is InChI=1S/C17H24N2O4/c1-11(15(20)21)18-14-7-5-6-12-8-9-19(10-13(12)14)16(22)23-17(2,3)4/h5-7,11,18H,8-10H2,1-4H3,(H,20,21). The topological polar surface area (TPSA) is 78.9 Å². The van der Waals surface area contributed by atoms with Gasteiger partial charge in [0.15, 0.2) is 0 Å². The first-order chi connectivity index (χ1) is 10.7. The van der Waals surface area contributed by atoms with Crippen molar-refractivity contribution in [2.75, 3.05) is 11.9 Å². The van der Waals surface area contributed by atoms with Crippen molar-refractivity contribution in [3.05, 3.63) is 29.3 Å². The lowest BCUT2D eigenvalue weighted by atomic mass is 9.98. The Morgan fingerprint density at radius 3 is 2.65 bits per heavy atom. The third-order valence-corrected chi connectivity index (χ3v) is 3.67. The molecule has 0 saturated heterocycles. The van der Waals surface area contributed by atoms with E-state index < -0.39 is 17.6 Å². The zero-order valence-corrected chi connectivity index (χ0v) is 14.0. The molecule has 2 N–H and O–H groups in total. The molecule has 6 heteroatoms. The normalized spacial score (nSPS) is 15.6. The van der Waals surface area contributed by atoms with E-state index in [2.05, 4.69) is 5.32 Å². The van der Waals surface area contributed by atoms with E-state index in [4.69, 9.17) is 9.84 Å². The lowest BCUT2D eigenvalue weighted by molar-refractivity contribution is -0.137. The van der Waals surface area contributed by atoms with Crippen LogP contribution in [0.1, 0.15) is 38.8 Å². The highest BCUT2D eigenvalue weighted by molar-refractivity contribution is 5.77. The molecular formula is C17H24N2O4. The van der Waals surface area contributed by atoms with Gasteiger partial charge in [0.2, 0.25) is 0 Å². The van der Waals surface area contributed by atoms with Crippen molar-refractivity contribution in [1.82, 2.24) is 4.90 Å². The molecule has 0 fully saturated rings. The number of carboxylic acid groups (broad SMARTS) is 1. The third kappa shape index (κ3) is 4.37. The maximum absolute atomic E-state index is 12.3. The molecule has 1 amide bonds. The van der Waals surface area contributed by atoms with Crippen molar-refractivity contribution in [3.8, 4) is 0 Å². The van der Waals surface area contributed by atoms with E-state index >= 15 is 0 Å². The number of hydrogen-bond acceptors (Lipinski definition) is 4. The number of hydrogen-bond donors (Lipinski definition) is 2. The average Bonchev–Trinajstić information content (AvgIpc) is 2.45. The summed E-state index contributed by atoms with van der Waals surface area (Å²) < 4.78 is 5.42. The number of anilines is 1. The summed E-state index contributed by atoms with van der Waals surface area (Å²) in [6.07, 6.45) is 0.384. The molecule has 0 spiro atoms. The Morgan fingerprint density at radius 2 is 2.04 bits per heavy atom. The Kier molecular flexibility index (Phi) is 4.82. The minimum absolute atomic E-state index is 0.343. The summed E-state index contributed by atoms with van der Waals surface area (Å²) in [7, 11) is 0. The van der Waals surface area contributed by atoms with Crippen LogP contribution in [0, 0.1) is 0 Å². The van der Waals surface area contributed by atoms with E-state index in [1.165, 1.54) is 0 Å². The zero-order chi connectivity index (χ0) is 17.2. The Labute approximate surface area is 136 Å². The van der Waals surface area contributed by atoms with E-state index in [-0.39, 0.29) is 6.09 Å². The average molecular weight is 320 g/mol. The fourth-order valence-electron chi connectivity index (χ4n) is 2.49. The third-order valence-electron chi connectivity index (χ3n) is 3.67. The second-order valence-electron chi connectivity index (χ2n) is 6.80. The summed E-state index contributed by atoms with van der Waals surface area (Å²) in [5, 5.41) is 12.1. The molecule has 1 aliphatic rings. The van der Waals surface area contributed by atoms with Gasteiger partial charge in [-0.3, -0.25) is 4.79 Å². The number of benzene rings is 1. The molecule has 0 bridgehead atoms. The Morgan fingerprint density at radius 1 is 1.35 bits per heavy atom. The van der Waals surface area contributed by atoms with Crippen LogP contribution < -0.4 is 5.32 Å². The van der Waals surface area contributed by atoms with Crippen molar-refractivity contribution in [1.29, 1.82) is 0 Å². The van der Waals surface area contributed by atoms with Crippen molar-refractivity contribution >= 4 is 17.7 Å². The van der Waals surface area contributed by atoms with E-state index in [1.54, 1.807) is 11.8 Å². The number of carboxylic acids is 1. The molecule has 1 aromatic rings. The zero-order valence-electron chi connectivity index (χ0n) is 14.0. The van der Waals surface area contributed by atoms with Crippen LogP contribution in [0.25, 0.3) is 0 Å². The fourth-order valence-corrected chi connectivity index (χ4v) is 2.49. The lowest BCUT2D eigenvalue weighted by Gasteiger charge is -2.32. The number of ether oxygens (including phenoxy) is 1. The van der Waals surface area contributed by atoms with Gasteiger partial charge in [0.25, 0.3) is 0 Å². The molecule has 6 nitrogen and oxygen atoms in total. The quantitative estimate of drug-likeness (QED) is 0.895. The number of amides is 1. The van der Waals surface area contributed by atoms with Crippen LogP contribution in [0.15, 0.2) is 18.2 Å². The van der Waals surface area contributed by atoms with E-state index in [1.807, 2.05) is 39.0 Å². The maximum atomic E-state index is 12.3. The number of nitrogens with zero attached hydrogens (tertiary/aromatic N) is 1. The molecule has 0 aromatic heterocycles. The van der Waals surface area contributed by atoms with Crippen molar-refractivity contribution in [3.63, 3.8) is 0 Å². The molecular weight excluding hydrogens is 296 g/mol. The van der Waals surface area contributed by atoms with Gasteiger partial charge in [0.05, 0.1) is 6.54 Å². The summed E-state index contributed by atoms with van der Waals surface area (Å²) in [4.78, 5) is 25.0. The van der Waals surface area contributed by atoms with Gasteiger partial charge in [-0.25, -0.2) is 4.79 Å². The number of aliphatic carboxylic acids is 1. The van der Waals surface area contributed by atoms with Crippen LogP contribution in [0.2, 0.25) is 0 Å². The van der Waals surface area contributed by atoms with E-state index in [9.17, 15) is 9.59 Å². The molecule has 1 unspecified atom stereocenters. The first-order valence-electron chi connectivity index (χ1n) is 7.75. The van der Waals surface area contributed by atoms with Gasteiger partial charge in [-0.15, -0.1) is 0 Å². The molecule has 0 aliphatic carbocycles. The van der Waals surface area contributed by atoms with Gasteiger partial charge in [0.1, 0.15) is 11.6 Å². The molecule has 23 heavy (non-hydrogen) atoms. The highest BCUT2D eigenvalue weighted by Gasteiger charge is 2.27. The van der Waals surface area contributed by atoms with Crippen LogP contribution in [-0.2, 0) is 22.5 Å². The smallest absolute Gasteiger partial charge is 0.410 e. The van der Waals surface area contributed by atoms with E-state index in [0.29, 0.717) is 13.1 Å². The largest absolute Gasteiger partial charge is 0.480 e.